The standard InChI is InChI=1S/C8H12N2O2S/c1-12-4-8(11)9-3-2-7-5-13-6-10-7/h5-6H,2-4H2,1H3,(H,9,11). The van der Waals surface area contributed by atoms with Crippen molar-refractivity contribution in [3.05, 3.63) is 16.6 Å². The highest BCUT2D eigenvalue weighted by Gasteiger charge is 1.99. The molecule has 0 bridgehead atoms. The van der Waals surface area contributed by atoms with Gasteiger partial charge in [0.2, 0.25) is 5.91 Å². The molecule has 0 fully saturated rings. The normalized spacial score (nSPS) is 9.92. The topological polar surface area (TPSA) is 51.2 Å². The third-order valence-corrected chi connectivity index (χ3v) is 2.10. The van der Waals surface area contributed by atoms with E-state index in [1.54, 1.807) is 16.8 Å². The first-order valence-electron chi connectivity index (χ1n) is 3.95. The molecule has 0 aromatic carbocycles. The average molecular weight is 200 g/mol. The van der Waals surface area contributed by atoms with Crippen molar-refractivity contribution in [2.75, 3.05) is 20.3 Å². The van der Waals surface area contributed by atoms with Crippen LogP contribution in [0.5, 0.6) is 0 Å². The van der Waals surface area contributed by atoms with Crippen molar-refractivity contribution in [3.8, 4) is 0 Å². The Bertz CT molecular complexity index is 249. The molecule has 0 aliphatic rings. The molecular formula is C8H12N2O2S. The van der Waals surface area contributed by atoms with Crippen molar-refractivity contribution < 1.29 is 9.53 Å². The summed E-state index contributed by atoms with van der Waals surface area (Å²) in [4.78, 5) is 15.0. The highest BCUT2D eigenvalue weighted by Crippen LogP contribution is 2.00. The maximum atomic E-state index is 10.9. The van der Waals surface area contributed by atoms with Crippen molar-refractivity contribution in [1.29, 1.82) is 0 Å². The number of thiazole rings is 1. The van der Waals surface area contributed by atoms with Gasteiger partial charge in [0.05, 0.1) is 11.2 Å². The van der Waals surface area contributed by atoms with Crippen LogP contribution in [0.4, 0.5) is 0 Å². The molecule has 5 heteroatoms. The lowest BCUT2D eigenvalue weighted by molar-refractivity contribution is -0.124. The van der Waals surface area contributed by atoms with Gasteiger partial charge < -0.3 is 10.1 Å². The Morgan fingerprint density at radius 1 is 1.77 bits per heavy atom. The van der Waals surface area contributed by atoms with Crippen LogP contribution < -0.4 is 5.32 Å². The van der Waals surface area contributed by atoms with Crippen LogP contribution in [0.3, 0.4) is 0 Å². The zero-order chi connectivity index (χ0) is 9.52. The summed E-state index contributed by atoms with van der Waals surface area (Å²) in [7, 11) is 1.50. The maximum absolute atomic E-state index is 10.9. The lowest BCUT2D eigenvalue weighted by atomic mass is 10.3. The van der Waals surface area contributed by atoms with Crippen molar-refractivity contribution in [1.82, 2.24) is 10.3 Å². The smallest absolute Gasteiger partial charge is 0.245 e. The molecule has 0 atom stereocenters. The predicted octanol–water partition coefficient (Wildman–Crippen LogP) is 0.448. The van der Waals surface area contributed by atoms with Crippen LogP contribution in [-0.4, -0.2) is 31.2 Å². The molecule has 0 unspecified atom stereocenters. The highest BCUT2D eigenvalue weighted by atomic mass is 32.1. The number of ether oxygens (including phenoxy) is 1. The van der Waals surface area contributed by atoms with Crippen LogP contribution in [0.15, 0.2) is 10.9 Å². The van der Waals surface area contributed by atoms with Gasteiger partial charge in [0.25, 0.3) is 0 Å². The minimum absolute atomic E-state index is 0.0854. The first kappa shape index (κ1) is 10.1. The minimum Gasteiger partial charge on any atom is -0.375 e. The molecule has 1 aromatic rings. The summed E-state index contributed by atoms with van der Waals surface area (Å²) in [5, 5.41) is 4.70. The van der Waals surface area contributed by atoms with Gasteiger partial charge in [-0.15, -0.1) is 11.3 Å². The molecule has 4 nitrogen and oxygen atoms in total. The second kappa shape index (κ2) is 5.66. The third kappa shape index (κ3) is 4.00. The zero-order valence-corrected chi connectivity index (χ0v) is 8.26. The first-order chi connectivity index (χ1) is 6.33. The van der Waals surface area contributed by atoms with Crippen LogP contribution in [0.1, 0.15) is 5.69 Å². The zero-order valence-electron chi connectivity index (χ0n) is 7.45. The minimum atomic E-state index is -0.0854. The van der Waals surface area contributed by atoms with Crippen molar-refractivity contribution in [2.24, 2.45) is 0 Å². The number of aromatic nitrogens is 1. The predicted molar refractivity (Wildman–Crippen MR) is 50.7 cm³/mol. The van der Waals surface area contributed by atoms with Gasteiger partial charge in [-0.3, -0.25) is 4.79 Å². The lowest BCUT2D eigenvalue weighted by Crippen LogP contribution is -2.28. The molecule has 1 rings (SSSR count). The molecule has 0 saturated heterocycles. The summed E-state index contributed by atoms with van der Waals surface area (Å²) >= 11 is 1.56. The quantitative estimate of drug-likeness (QED) is 0.750. The Kier molecular flexibility index (Phi) is 4.42. The summed E-state index contributed by atoms with van der Waals surface area (Å²) < 4.78 is 4.67. The van der Waals surface area contributed by atoms with Gasteiger partial charge >= 0.3 is 0 Å². The van der Waals surface area contributed by atoms with Crippen LogP contribution in [0.2, 0.25) is 0 Å². The Morgan fingerprint density at radius 2 is 2.62 bits per heavy atom. The molecule has 1 aromatic heterocycles. The molecule has 0 spiro atoms. The van der Waals surface area contributed by atoms with E-state index < -0.39 is 0 Å². The van der Waals surface area contributed by atoms with Gasteiger partial charge in [0.15, 0.2) is 0 Å². The van der Waals surface area contributed by atoms with Gasteiger partial charge in [0, 0.05) is 25.5 Å². The molecule has 1 heterocycles. The second-order valence-corrected chi connectivity index (χ2v) is 3.23. The Hall–Kier alpha value is -0.940. The van der Waals surface area contributed by atoms with E-state index in [1.165, 1.54) is 7.11 Å². The van der Waals surface area contributed by atoms with Gasteiger partial charge in [-0.05, 0) is 0 Å². The fourth-order valence-corrected chi connectivity index (χ4v) is 1.47. The van der Waals surface area contributed by atoms with Crippen molar-refractivity contribution in [2.45, 2.75) is 6.42 Å². The SMILES string of the molecule is COCC(=O)NCCc1cscn1. The molecule has 0 aliphatic carbocycles. The van der Waals surface area contributed by atoms with E-state index in [9.17, 15) is 4.79 Å². The number of methoxy groups -OCH3 is 1. The average Bonchev–Trinajstić information content (AvgIpc) is 2.57. The van der Waals surface area contributed by atoms with E-state index >= 15 is 0 Å². The summed E-state index contributed by atoms with van der Waals surface area (Å²) in [6.45, 7) is 0.739. The Balaban J connectivity index is 2.11. The number of carbonyl (C=O) groups is 1. The molecule has 0 radical (unpaired) electrons. The van der Waals surface area contributed by atoms with Crippen LogP contribution in [-0.2, 0) is 16.0 Å². The Morgan fingerprint density at radius 3 is 3.23 bits per heavy atom. The van der Waals surface area contributed by atoms with Gasteiger partial charge in [0.1, 0.15) is 6.61 Å². The maximum Gasteiger partial charge on any atom is 0.245 e. The summed E-state index contributed by atoms with van der Waals surface area (Å²) in [5.74, 6) is -0.0854. The molecule has 0 saturated carbocycles. The summed E-state index contributed by atoms with van der Waals surface area (Å²) in [6, 6.07) is 0. The van der Waals surface area contributed by atoms with Crippen LogP contribution >= 0.6 is 11.3 Å². The van der Waals surface area contributed by atoms with E-state index in [4.69, 9.17) is 0 Å². The number of hydrogen-bond donors (Lipinski definition) is 1. The van der Waals surface area contributed by atoms with Gasteiger partial charge in [-0.1, -0.05) is 0 Å². The van der Waals surface area contributed by atoms with Crippen molar-refractivity contribution in [3.63, 3.8) is 0 Å². The molecule has 0 aliphatic heterocycles. The number of nitrogens with zero attached hydrogens (tertiary/aromatic N) is 1. The lowest BCUT2D eigenvalue weighted by Gasteiger charge is -2.01. The van der Waals surface area contributed by atoms with E-state index in [0.29, 0.717) is 6.54 Å². The number of amides is 1. The monoisotopic (exact) mass is 200 g/mol. The molecule has 1 amide bonds. The van der Waals surface area contributed by atoms with Crippen molar-refractivity contribution >= 4 is 17.2 Å². The van der Waals surface area contributed by atoms with Gasteiger partial charge in [-0.25, -0.2) is 4.98 Å². The molecule has 72 valence electrons. The number of carbonyl (C=O) groups excluding carboxylic acids is 1. The third-order valence-electron chi connectivity index (χ3n) is 1.46. The van der Waals surface area contributed by atoms with E-state index in [2.05, 4.69) is 15.0 Å². The first-order valence-corrected chi connectivity index (χ1v) is 4.90. The summed E-state index contributed by atoms with van der Waals surface area (Å²) in [5.41, 5.74) is 2.80. The van der Waals surface area contributed by atoms with Gasteiger partial charge in [-0.2, -0.15) is 0 Å². The second-order valence-electron chi connectivity index (χ2n) is 2.51. The number of hydrogen-bond acceptors (Lipinski definition) is 4. The number of nitrogens with one attached hydrogen (secondary N) is 1. The number of rotatable bonds is 5. The fraction of sp³-hybridized carbons (Fsp3) is 0.500. The Labute approximate surface area is 80.9 Å². The largest absolute Gasteiger partial charge is 0.375 e. The molecule has 13 heavy (non-hydrogen) atoms. The van der Waals surface area contributed by atoms with E-state index in [-0.39, 0.29) is 12.5 Å². The fourth-order valence-electron chi connectivity index (χ4n) is 0.873. The molecule has 1 N–H and O–H groups in total. The molecular weight excluding hydrogens is 188 g/mol. The summed E-state index contributed by atoms with van der Waals surface area (Å²) in [6.07, 6.45) is 0.777. The van der Waals surface area contributed by atoms with Crippen LogP contribution in [0, 0.1) is 0 Å². The van der Waals surface area contributed by atoms with E-state index in [1.807, 2.05) is 5.38 Å². The highest BCUT2D eigenvalue weighted by molar-refractivity contribution is 7.07. The van der Waals surface area contributed by atoms with E-state index in [0.717, 1.165) is 12.1 Å². The van der Waals surface area contributed by atoms with Crippen LogP contribution in [0.25, 0.3) is 0 Å².